The summed E-state index contributed by atoms with van der Waals surface area (Å²) < 4.78 is 42.1. The topological polar surface area (TPSA) is 58.6 Å². The molecule has 8 heteroatoms. The summed E-state index contributed by atoms with van der Waals surface area (Å²) in [6.07, 6.45) is -2.75. The molecule has 1 heterocycles. The average molecular weight is 386 g/mol. The molecule has 150 valence electrons. The molecule has 5 nitrogen and oxygen atoms in total. The summed E-state index contributed by atoms with van der Waals surface area (Å²) in [4.78, 5) is 24.7. The van der Waals surface area contributed by atoms with Crippen molar-refractivity contribution in [2.45, 2.75) is 51.8 Å². The molecular formula is C19H25F3N2O3. The number of ether oxygens (including phenoxy) is 1. The molecule has 1 aliphatic heterocycles. The number of hydrogen-bond acceptors (Lipinski definition) is 3. The number of amides is 2. The fraction of sp³-hybridized carbons (Fsp3) is 0.579. The first-order valence-corrected chi connectivity index (χ1v) is 8.89. The van der Waals surface area contributed by atoms with E-state index in [1.54, 1.807) is 17.0 Å². The summed E-state index contributed by atoms with van der Waals surface area (Å²) in [5.74, 6) is -1.59. The van der Waals surface area contributed by atoms with Crippen molar-refractivity contribution in [1.82, 2.24) is 4.90 Å². The number of hydrogen-bond donors (Lipinski definition) is 1. The standard InChI is InChI=1S/C19H25F3N2O3/c1-18(2,3)27-17(26)24-10-8-14(9-11-24)12-13-4-6-15(7-5-13)23-16(25)19(20,21)22/h4-7,14H,8-12H2,1-3H3,(H,23,25). The Kier molecular flexibility index (Phi) is 6.38. The Morgan fingerprint density at radius 2 is 1.67 bits per heavy atom. The number of nitrogens with one attached hydrogen (secondary N) is 1. The number of piperidine rings is 1. The summed E-state index contributed by atoms with van der Waals surface area (Å²) in [6, 6.07) is 6.36. The van der Waals surface area contributed by atoms with Crippen molar-refractivity contribution in [2.75, 3.05) is 18.4 Å². The Balaban J connectivity index is 1.82. The maximum Gasteiger partial charge on any atom is 0.471 e. The Bertz CT molecular complexity index is 658. The van der Waals surface area contributed by atoms with Crippen LogP contribution in [-0.2, 0) is 16.0 Å². The molecular weight excluding hydrogens is 361 g/mol. The Morgan fingerprint density at radius 3 is 2.15 bits per heavy atom. The number of carbonyl (C=O) groups excluding carboxylic acids is 2. The van der Waals surface area contributed by atoms with Crippen molar-refractivity contribution in [1.29, 1.82) is 0 Å². The van der Waals surface area contributed by atoms with Crippen LogP contribution in [0.2, 0.25) is 0 Å². The van der Waals surface area contributed by atoms with E-state index in [0.29, 0.717) is 19.0 Å². The number of nitrogens with zero attached hydrogens (tertiary/aromatic N) is 1. The highest BCUT2D eigenvalue weighted by Crippen LogP contribution is 2.24. The number of likely N-dealkylation sites (tertiary alicyclic amines) is 1. The Morgan fingerprint density at radius 1 is 1.11 bits per heavy atom. The van der Waals surface area contributed by atoms with Crippen LogP contribution < -0.4 is 5.32 Å². The van der Waals surface area contributed by atoms with E-state index in [4.69, 9.17) is 4.74 Å². The normalized spacial score (nSPS) is 16.1. The molecule has 0 radical (unpaired) electrons. The predicted molar refractivity (Wildman–Crippen MR) is 95.4 cm³/mol. The zero-order valence-corrected chi connectivity index (χ0v) is 15.7. The highest BCUT2D eigenvalue weighted by molar-refractivity contribution is 5.94. The van der Waals surface area contributed by atoms with Crippen LogP contribution in [-0.4, -0.2) is 41.8 Å². The number of alkyl halides is 3. The molecule has 0 unspecified atom stereocenters. The second-order valence-electron chi connectivity index (χ2n) is 7.76. The first-order valence-electron chi connectivity index (χ1n) is 8.89. The molecule has 1 aromatic rings. The first kappa shape index (κ1) is 21.1. The molecule has 0 spiro atoms. The van der Waals surface area contributed by atoms with Gasteiger partial charge in [0.25, 0.3) is 0 Å². The third kappa shape index (κ3) is 6.77. The molecule has 1 aromatic carbocycles. The zero-order chi connectivity index (χ0) is 20.2. The monoisotopic (exact) mass is 386 g/mol. The minimum atomic E-state index is -4.90. The minimum Gasteiger partial charge on any atom is -0.444 e. The molecule has 27 heavy (non-hydrogen) atoms. The van der Waals surface area contributed by atoms with Gasteiger partial charge in [-0.05, 0) is 63.6 Å². The summed E-state index contributed by atoms with van der Waals surface area (Å²) >= 11 is 0. The molecule has 1 N–H and O–H groups in total. The third-order valence-corrected chi connectivity index (χ3v) is 4.26. The molecule has 0 aromatic heterocycles. The molecule has 0 bridgehead atoms. The minimum absolute atomic E-state index is 0.112. The van der Waals surface area contributed by atoms with Crippen LogP contribution in [0.5, 0.6) is 0 Å². The SMILES string of the molecule is CC(C)(C)OC(=O)N1CCC(Cc2ccc(NC(=O)C(F)(F)F)cc2)CC1. The van der Waals surface area contributed by atoms with E-state index in [9.17, 15) is 22.8 Å². The van der Waals surface area contributed by atoms with Crippen molar-refractivity contribution < 1.29 is 27.5 Å². The van der Waals surface area contributed by atoms with E-state index in [0.717, 1.165) is 24.8 Å². The third-order valence-electron chi connectivity index (χ3n) is 4.26. The number of anilines is 1. The van der Waals surface area contributed by atoms with Crippen molar-refractivity contribution >= 4 is 17.7 Å². The molecule has 0 atom stereocenters. The van der Waals surface area contributed by atoms with Gasteiger partial charge in [-0.25, -0.2) is 4.79 Å². The summed E-state index contributed by atoms with van der Waals surface area (Å²) in [5.41, 5.74) is 0.577. The summed E-state index contributed by atoms with van der Waals surface area (Å²) in [5, 5.41) is 1.83. The largest absolute Gasteiger partial charge is 0.471 e. The second-order valence-corrected chi connectivity index (χ2v) is 7.76. The number of rotatable bonds is 3. The zero-order valence-electron chi connectivity index (χ0n) is 15.7. The van der Waals surface area contributed by atoms with Crippen LogP contribution in [0.3, 0.4) is 0 Å². The van der Waals surface area contributed by atoms with Crippen molar-refractivity contribution in [2.24, 2.45) is 5.92 Å². The number of benzene rings is 1. The van der Waals surface area contributed by atoms with E-state index in [2.05, 4.69) is 0 Å². The van der Waals surface area contributed by atoms with E-state index >= 15 is 0 Å². The lowest BCUT2D eigenvalue weighted by atomic mass is 9.90. The van der Waals surface area contributed by atoms with Gasteiger partial charge in [-0.1, -0.05) is 12.1 Å². The molecule has 1 aliphatic rings. The van der Waals surface area contributed by atoms with Crippen molar-refractivity contribution in [3.8, 4) is 0 Å². The molecule has 1 fully saturated rings. The van der Waals surface area contributed by atoms with Gasteiger partial charge in [-0.15, -0.1) is 0 Å². The molecule has 0 saturated carbocycles. The van der Waals surface area contributed by atoms with Crippen LogP contribution in [0.15, 0.2) is 24.3 Å². The first-order chi connectivity index (χ1) is 12.4. The lowest BCUT2D eigenvalue weighted by Gasteiger charge is -2.33. The maximum absolute atomic E-state index is 12.3. The highest BCUT2D eigenvalue weighted by Gasteiger charge is 2.38. The lowest BCUT2D eigenvalue weighted by Crippen LogP contribution is -2.42. The average Bonchev–Trinajstić information content (AvgIpc) is 2.55. The fourth-order valence-electron chi connectivity index (χ4n) is 2.91. The van der Waals surface area contributed by atoms with Gasteiger partial charge in [-0.2, -0.15) is 13.2 Å². The number of carbonyl (C=O) groups is 2. The quantitative estimate of drug-likeness (QED) is 0.839. The Labute approximate surface area is 156 Å². The van der Waals surface area contributed by atoms with Crippen LogP contribution in [0.4, 0.5) is 23.7 Å². The van der Waals surface area contributed by atoms with Gasteiger partial charge in [0.05, 0.1) is 0 Å². The van der Waals surface area contributed by atoms with Crippen molar-refractivity contribution in [3.05, 3.63) is 29.8 Å². The predicted octanol–water partition coefficient (Wildman–Crippen LogP) is 4.38. The van der Waals surface area contributed by atoms with Gasteiger partial charge >= 0.3 is 18.2 Å². The maximum atomic E-state index is 12.3. The Hall–Kier alpha value is -2.25. The summed E-state index contributed by atoms with van der Waals surface area (Å²) in [7, 11) is 0. The van der Waals surface area contributed by atoms with E-state index in [-0.39, 0.29) is 11.8 Å². The second kappa shape index (κ2) is 8.19. The van der Waals surface area contributed by atoms with Crippen LogP contribution in [0, 0.1) is 5.92 Å². The van der Waals surface area contributed by atoms with Crippen LogP contribution in [0.1, 0.15) is 39.2 Å². The van der Waals surface area contributed by atoms with Gasteiger partial charge in [0, 0.05) is 18.8 Å². The molecule has 1 saturated heterocycles. The summed E-state index contributed by atoms with van der Waals surface area (Å²) in [6.45, 7) is 6.74. The van der Waals surface area contributed by atoms with Crippen molar-refractivity contribution in [3.63, 3.8) is 0 Å². The van der Waals surface area contributed by atoms with Gasteiger partial charge < -0.3 is 15.0 Å². The van der Waals surface area contributed by atoms with E-state index in [1.807, 2.05) is 26.1 Å². The smallest absolute Gasteiger partial charge is 0.444 e. The van der Waals surface area contributed by atoms with Gasteiger partial charge in [0.1, 0.15) is 5.60 Å². The van der Waals surface area contributed by atoms with Gasteiger partial charge in [0.2, 0.25) is 0 Å². The molecule has 2 amide bonds. The number of halogens is 3. The lowest BCUT2D eigenvalue weighted by molar-refractivity contribution is -0.167. The van der Waals surface area contributed by atoms with Crippen LogP contribution >= 0.6 is 0 Å². The van der Waals surface area contributed by atoms with E-state index in [1.165, 1.54) is 12.1 Å². The molecule has 2 rings (SSSR count). The van der Waals surface area contributed by atoms with Gasteiger partial charge in [-0.3, -0.25) is 4.79 Å². The fourth-order valence-corrected chi connectivity index (χ4v) is 2.91. The van der Waals surface area contributed by atoms with Gasteiger partial charge in [0.15, 0.2) is 0 Å². The van der Waals surface area contributed by atoms with Crippen LogP contribution in [0.25, 0.3) is 0 Å². The highest BCUT2D eigenvalue weighted by atomic mass is 19.4. The molecule has 0 aliphatic carbocycles. The van der Waals surface area contributed by atoms with E-state index < -0.39 is 17.7 Å².